The normalized spacial score (nSPS) is 11.0. The van der Waals surface area contributed by atoms with Gasteiger partial charge in [0.2, 0.25) is 0 Å². The van der Waals surface area contributed by atoms with Gasteiger partial charge in [-0.15, -0.1) is 0 Å². The highest BCUT2D eigenvalue weighted by atomic mass is 16.3. The summed E-state index contributed by atoms with van der Waals surface area (Å²) >= 11 is 0. The van der Waals surface area contributed by atoms with E-state index in [-0.39, 0.29) is 5.75 Å². The maximum atomic E-state index is 9.74. The summed E-state index contributed by atoms with van der Waals surface area (Å²) < 4.78 is 1.92. The second-order valence-corrected chi connectivity index (χ2v) is 5.38. The smallest absolute Gasteiger partial charge is 0.179 e. The highest BCUT2D eigenvalue weighted by Crippen LogP contribution is 2.26. The van der Waals surface area contributed by atoms with E-state index in [1.165, 1.54) is 0 Å². The third kappa shape index (κ3) is 2.62. The van der Waals surface area contributed by atoms with Gasteiger partial charge in [0.25, 0.3) is 0 Å². The van der Waals surface area contributed by atoms with Gasteiger partial charge in [-0.05, 0) is 37.1 Å². The van der Waals surface area contributed by atoms with E-state index in [1.807, 2.05) is 29.8 Å². The van der Waals surface area contributed by atoms with Crippen LogP contribution in [-0.4, -0.2) is 26.3 Å². The summed E-state index contributed by atoms with van der Waals surface area (Å²) in [6, 6.07) is 9.09. The molecular formula is C17H20N4O. The molecule has 0 bridgehead atoms. The molecule has 0 spiro atoms. The minimum Gasteiger partial charge on any atom is -0.508 e. The van der Waals surface area contributed by atoms with Crippen LogP contribution >= 0.6 is 0 Å². The van der Waals surface area contributed by atoms with Gasteiger partial charge in [0, 0.05) is 18.3 Å². The number of aromatic nitrogens is 3. The van der Waals surface area contributed by atoms with Gasteiger partial charge in [0.1, 0.15) is 11.3 Å². The molecule has 0 aliphatic carbocycles. The molecule has 3 rings (SSSR count). The molecule has 0 saturated heterocycles. The van der Waals surface area contributed by atoms with Gasteiger partial charge < -0.3 is 10.5 Å². The quantitative estimate of drug-likeness (QED) is 0.708. The van der Waals surface area contributed by atoms with E-state index in [4.69, 9.17) is 4.98 Å². The minimum absolute atomic E-state index is 0.231. The molecule has 3 aromatic rings. The number of rotatable bonds is 5. The zero-order valence-electron chi connectivity index (χ0n) is 12.9. The van der Waals surface area contributed by atoms with Crippen LogP contribution in [0.15, 0.2) is 36.5 Å². The van der Waals surface area contributed by atoms with Crippen molar-refractivity contribution < 1.29 is 5.11 Å². The first-order chi connectivity index (χ1) is 10.7. The zero-order valence-corrected chi connectivity index (χ0v) is 12.9. The molecule has 1 aromatic carbocycles. The number of nitrogens with one attached hydrogen (secondary N) is 1. The second-order valence-electron chi connectivity index (χ2n) is 5.38. The first-order valence-corrected chi connectivity index (χ1v) is 7.58. The molecule has 0 amide bonds. The number of hydrogen-bond acceptors (Lipinski definition) is 4. The molecule has 2 N–H and O–H groups in total. The number of aryl methyl sites for hydroxylation is 1. The van der Waals surface area contributed by atoms with E-state index in [0.717, 1.165) is 47.5 Å². The fourth-order valence-electron chi connectivity index (χ4n) is 2.45. The molecule has 0 atom stereocenters. The van der Waals surface area contributed by atoms with E-state index in [9.17, 15) is 5.11 Å². The maximum absolute atomic E-state index is 9.74. The summed E-state index contributed by atoms with van der Waals surface area (Å²) in [4.78, 5) is 9.19. The van der Waals surface area contributed by atoms with Crippen molar-refractivity contribution in [3.8, 4) is 17.1 Å². The van der Waals surface area contributed by atoms with Crippen molar-refractivity contribution in [3.05, 3.63) is 42.1 Å². The molecule has 114 valence electrons. The Labute approximate surface area is 129 Å². The van der Waals surface area contributed by atoms with Crippen LogP contribution in [0, 0.1) is 6.92 Å². The Morgan fingerprint density at radius 2 is 2.14 bits per heavy atom. The molecular weight excluding hydrogens is 276 g/mol. The number of aromatic hydroxyl groups is 1. The number of nitrogens with zero attached hydrogens (tertiary/aromatic N) is 3. The summed E-state index contributed by atoms with van der Waals surface area (Å²) in [6.45, 7) is 5.04. The van der Waals surface area contributed by atoms with E-state index in [2.05, 4.69) is 17.3 Å². The van der Waals surface area contributed by atoms with Crippen LogP contribution in [0.5, 0.6) is 5.75 Å². The lowest BCUT2D eigenvalue weighted by Gasteiger charge is -2.11. The fraction of sp³-hybridized carbons (Fsp3) is 0.294. The molecule has 2 heterocycles. The average molecular weight is 296 g/mol. The summed E-state index contributed by atoms with van der Waals surface area (Å²) in [7, 11) is 0. The van der Waals surface area contributed by atoms with Crippen LogP contribution < -0.4 is 5.43 Å². The average Bonchev–Trinajstić information content (AvgIpc) is 2.88. The predicted octanol–water partition coefficient (Wildman–Crippen LogP) is 3.46. The molecule has 0 saturated carbocycles. The third-order valence-corrected chi connectivity index (χ3v) is 3.65. The van der Waals surface area contributed by atoms with Crippen LogP contribution in [0.1, 0.15) is 25.3 Å². The van der Waals surface area contributed by atoms with Crippen LogP contribution in [-0.2, 0) is 0 Å². The van der Waals surface area contributed by atoms with E-state index >= 15 is 0 Å². The molecule has 22 heavy (non-hydrogen) atoms. The Morgan fingerprint density at radius 3 is 2.91 bits per heavy atom. The van der Waals surface area contributed by atoms with Gasteiger partial charge >= 0.3 is 0 Å². The molecule has 2 aromatic heterocycles. The van der Waals surface area contributed by atoms with Crippen molar-refractivity contribution in [2.45, 2.75) is 26.7 Å². The molecule has 5 heteroatoms. The summed E-state index contributed by atoms with van der Waals surface area (Å²) in [5, 5.41) is 9.74. The van der Waals surface area contributed by atoms with Crippen LogP contribution in [0.25, 0.3) is 22.6 Å². The van der Waals surface area contributed by atoms with Crippen LogP contribution in [0.3, 0.4) is 0 Å². The van der Waals surface area contributed by atoms with E-state index in [1.54, 1.807) is 18.3 Å². The fourth-order valence-corrected chi connectivity index (χ4v) is 2.45. The largest absolute Gasteiger partial charge is 0.508 e. The topological polar surface area (TPSA) is 63.0 Å². The van der Waals surface area contributed by atoms with Crippen molar-refractivity contribution in [1.82, 2.24) is 14.6 Å². The number of fused-ring (bicyclic) bond motifs is 1. The summed E-state index contributed by atoms with van der Waals surface area (Å²) in [6.07, 6.45) is 3.99. The Balaban J connectivity index is 2.15. The highest BCUT2D eigenvalue weighted by Gasteiger charge is 2.15. The number of hydrogen-bond donors (Lipinski definition) is 2. The van der Waals surface area contributed by atoms with E-state index < -0.39 is 0 Å². The van der Waals surface area contributed by atoms with Gasteiger partial charge in [-0.25, -0.2) is 14.6 Å². The summed E-state index contributed by atoms with van der Waals surface area (Å²) in [5.74, 6) is 0.998. The Bertz CT molecular complexity index is 794. The van der Waals surface area contributed by atoms with Crippen molar-refractivity contribution in [3.63, 3.8) is 0 Å². The van der Waals surface area contributed by atoms with Crippen LogP contribution in [0.2, 0.25) is 0 Å². The van der Waals surface area contributed by atoms with Crippen molar-refractivity contribution in [1.29, 1.82) is 0 Å². The Morgan fingerprint density at radius 1 is 1.27 bits per heavy atom. The Hall–Kier alpha value is -2.56. The monoisotopic (exact) mass is 296 g/mol. The Kier molecular flexibility index (Phi) is 3.96. The highest BCUT2D eigenvalue weighted by molar-refractivity contribution is 5.80. The number of phenols is 1. The number of unbranched alkanes of at least 4 members (excludes halogenated alkanes) is 1. The van der Waals surface area contributed by atoms with Crippen molar-refractivity contribution in [2.75, 3.05) is 12.0 Å². The lowest BCUT2D eigenvalue weighted by atomic mass is 10.2. The standard InChI is InChI=1S/C17H20N4O/c1-3-4-9-19-21-16(13-6-5-7-14(22)11-13)20-15-12(2)8-10-18-17(15)21/h5-8,10-11,19,22H,3-4,9H2,1-2H3. The number of pyridine rings is 1. The second kappa shape index (κ2) is 6.05. The van der Waals surface area contributed by atoms with Gasteiger partial charge in [0.15, 0.2) is 11.5 Å². The number of phenolic OH excluding ortho intramolecular Hbond substituents is 1. The maximum Gasteiger partial charge on any atom is 0.179 e. The third-order valence-electron chi connectivity index (χ3n) is 3.65. The SMILES string of the molecule is CCCCNn1c(-c2cccc(O)c2)nc2c(C)ccnc21. The first kappa shape index (κ1) is 14.4. The van der Waals surface area contributed by atoms with Crippen LogP contribution in [0.4, 0.5) is 0 Å². The first-order valence-electron chi connectivity index (χ1n) is 7.58. The molecule has 0 aliphatic heterocycles. The van der Waals surface area contributed by atoms with Crippen molar-refractivity contribution >= 4 is 11.2 Å². The molecule has 0 fully saturated rings. The predicted molar refractivity (Wildman–Crippen MR) is 88.5 cm³/mol. The van der Waals surface area contributed by atoms with E-state index in [0.29, 0.717) is 0 Å². The number of imidazole rings is 1. The van der Waals surface area contributed by atoms with Gasteiger partial charge in [-0.1, -0.05) is 25.5 Å². The lowest BCUT2D eigenvalue weighted by Crippen LogP contribution is -2.17. The zero-order chi connectivity index (χ0) is 15.5. The van der Waals surface area contributed by atoms with Gasteiger partial charge in [0.05, 0.1) is 0 Å². The lowest BCUT2D eigenvalue weighted by molar-refractivity contribution is 0.475. The van der Waals surface area contributed by atoms with Crippen molar-refractivity contribution in [2.24, 2.45) is 0 Å². The van der Waals surface area contributed by atoms with Gasteiger partial charge in [-0.3, -0.25) is 0 Å². The van der Waals surface area contributed by atoms with Gasteiger partial charge in [-0.2, -0.15) is 0 Å². The number of benzene rings is 1. The summed E-state index contributed by atoms with van der Waals surface area (Å²) in [5.41, 5.74) is 7.03. The minimum atomic E-state index is 0.231. The molecule has 0 aliphatic rings. The molecule has 5 nitrogen and oxygen atoms in total. The molecule has 0 unspecified atom stereocenters. The molecule has 0 radical (unpaired) electrons.